The van der Waals surface area contributed by atoms with E-state index in [1.54, 1.807) is 48.5 Å². The molecule has 0 aliphatic carbocycles. The standard InChI is InChI=1S/C15H15NO3/c17-10-12-1-5-13(6-2-12)16-15(19)9-11-3-7-14(18)8-4-11/h1-8,17-18H,9-10H2,(H,16,19). The molecule has 0 aliphatic rings. The van der Waals surface area contributed by atoms with Crippen LogP contribution in [0.4, 0.5) is 5.69 Å². The summed E-state index contributed by atoms with van der Waals surface area (Å²) in [7, 11) is 0. The van der Waals surface area contributed by atoms with Crippen LogP contribution in [0.3, 0.4) is 0 Å². The van der Waals surface area contributed by atoms with Gasteiger partial charge in [-0.2, -0.15) is 0 Å². The Morgan fingerprint density at radius 3 is 2.11 bits per heavy atom. The second kappa shape index (κ2) is 6.02. The SMILES string of the molecule is O=C(Cc1ccc(O)cc1)Nc1ccc(CO)cc1. The van der Waals surface area contributed by atoms with E-state index < -0.39 is 0 Å². The molecule has 0 saturated carbocycles. The van der Waals surface area contributed by atoms with Crippen molar-refractivity contribution in [2.75, 3.05) is 5.32 Å². The molecule has 4 nitrogen and oxygen atoms in total. The number of benzene rings is 2. The Labute approximate surface area is 111 Å². The number of phenolic OH excluding ortho intramolecular Hbond substituents is 1. The van der Waals surface area contributed by atoms with Gasteiger partial charge in [0.05, 0.1) is 13.0 Å². The van der Waals surface area contributed by atoms with Crippen molar-refractivity contribution in [3.05, 3.63) is 59.7 Å². The lowest BCUT2D eigenvalue weighted by molar-refractivity contribution is -0.115. The summed E-state index contributed by atoms with van der Waals surface area (Å²) in [5.74, 6) is 0.0613. The highest BCUT2D eigenvalue weighted by Gasteiger charge is 2.04. The van der Waals surface area contributed by atoms with Crippen molar-refractivity contribution in [3.8, 4) is 5.75 Å². The highest BCUT2D eigenvalue weighted by Crippen LogP contribution is 2.12. The van der Waals surface area contributed by atoms with Crippen LogP contribution < -0.4 is 5.32 Å². The maximum Gasteiger partial charge on any atom is 0.228 e. The molecule has 98 valence electrons. The van der Waals surface area contributed by atoms with Gasteiger partial charge in [-0.1, -0.05) is 24.3 Å². The van der Waals surface area contributed by atoms with E-state index in [9.17, 15) is 4.79 Å². The molecule has 0 bridgehead atoms. The zero-order valence-corrected chi connectivity index (χ0v) is 10.3. The molecular formula is C15H15NO3. The molecule has 0 unspecified atom stereocenters. The van der Waals surface area contributed by atoms with E-state index in [1.165, 1.54) is 0 Å². The summed E-state index contributed by atoms with van der Waals surface area (Å²) in [6, 6.07) is 13.6. The molecule has 0 aromatic heterocycles. The highest BCUT2D eigenvalue weighted by molar-refractivity contribution is 5.92. The molecule has 0 saturated heterocycles. The molecule has 2 aromatic rings. The zero-order valence-electron chi connectivity index (χ0n) is 10.3. The molecule has 1 amide bonds. The van der Waals surface area contributed by atoms with Gasteiger partial charge in [0.25, 0.3) is 0 Å². The summed E-state index contributed by atoms with van der Waals surface area (Å²) in [5.41, 5.74) is 2.33. The minimum Gasteiger partial charge on any atom is -0.508 e. The van der Waals surface area contributed by atoms with Crippen LogP contribution in [-0.4, -0.2) is 16.1 Å². The summed E-state index contributed by atoms with van der Waals surface area (Å²) in [5, 5.41) is 20.8. The van der Waals surface area contributed by atoms with Gasteiger partial charge in [-0.25, -0.2) is 0 Å². The average molecular weight is 257 g/mol. The fourth-order valence-electron chi connectivity index (χ4n) is 1.70. The molecule has 0 fully saturated rings. The Balaban J connectivity index is 1.95. The number of hydrogen-bond acceptors (Lipinski definition) is 3. The first-order chi connectivity index (χ1) is 9.17. The Kier molecular flexibility index (Phi) is 4.15. The highest BCUT2D eigenvalue weighted by atomic mass is 16.3. The minimum atomic E-state index is -0.123. The first kappa shape index (κ1) is 13.1. The van der Waals surface area contributed by atoms with Crippen molar-refractivity contribution < 1.29 is 15.0 Å². The van der Waals surface area contributed by atoms with Gasteiger partial charge >= 0.3 is 0 Å². The lowest BCUT2D eigenvalue weighted by Crippen LogP contribution is -2.14. The molecule has 3 N–H and O–H groups in total. The maximum atomic E-state index is 11.8. The normalized spacial score (nSPS) is 10.2. The molecule has 0 spiro atoms. The van der Waals surface area contributed by atoms with E-state index >= 15 is 0 Å². The van der Waals surface area contributed by atoms with Gasteiger partial charge in [-0.15, -0.1) is 0 Å². The monoisotopic (exact) mass is 257 g/mol. The van der Waals surface area contributed by atoms with Crippen LogP contribution in [0.15, 0.2) is 48.5 Å². The smallest absolute Gasteiger partial charge is 0.228 e. The van der Waals surface area contributed by atoms with Crippen LogP contribution in [0, 0.1) is 0 Å². The van der Waals surface area contributed by atoms with Crippen LogP contribution in [0.1, 0.15) is 11.1 Å². The van der Waals surface area contributed by atoms with Gasteiger partial charge in [0.2, 0.25) is 5.91 Å². The minimum absolute atomic E-state index is 0.0122. The van der Waals surface area contributed by atoms with E-state index in [1.807, 2.05) is 0 Å². The molecular weight excluding hydrogens is 242 g/mol. The molecule has 0 aliphatic heterocycles. The van der Waals surface area contributed by atoms with E-state index in [-0.39, 0.29) is 24.7 Å². The fraction of sp³-hybridized carbons (Fsp3) is 0.133. The third-order valence-corrected chi connectivity index (χ3v) is 2.72. The number of rotatable bonds is 4. The Morgan fingerprint density at radius 2 is 1.53 bits per heavy atom. The van der Waals surface area contributed by atoms with Gasteiger partial charge in [0, 0.05) is 5.69 Å². The second-order valence-electron chi connectivity index (χ2n) is 4.25. The summed E-state index contributed by atoms with van der Waals surface area (Å²) in [6.07, 6.45) is 0.252. The number of hydrogen-bond donors (Lipinski definition) is 3. The summed E-state index contributed by atoms with van der Waals surface area (Å²) in [4.78, 5) is 11.8. The number of aromatic hydroxyl groups is 1. The van der Waals surface area contributed by atoms with Crippen molar-refractivity contribution >= 4 is 11.6 Å². The van der Waals surface area contributed by atoms with Gasteiger partial charge in [-0.3, -0.25) is 4.79 Å². The number of carbonyl (C=O) groups is 1. The fourth-order valence-corrected chi connectivity index (χ4v) is 1.70. The predicted molar refractivity (Wildman–Crippen MR) is 72.8 cm³/mol. The Bertz CT molecular complexity index is 547. The molecule has 0 atom stereocenters. The first-order valence-corrected chi connectivity index (χ1v) is 5.95. The average Bonchev–Trinajstić information content (AvgIpc) is 2.42. The number of carbonyl (C=O) groups excluding carboxylic acids is 1. The largest absolute Gasteiger partial charge is 0.508 e. The zero-order chi connectivity index (χ0) is 13.7. The first-order valence-electron chi connectivity index (χ1n) is 5.95. The molecule has 0 radical (unpaired) electrons. The summed E-state index contributed by atoms with van der Waals surface area (Å²) in [6.45, 7) is -0.0122. The van der Waals surface area contributed by atoms with Crippen LogP contribution >= 0.6 is 0 Å². The van der Waals surface area contributed by atoms with Crippen LogP contribution in [0.2, 0.25) is 0 Å². The maximum absolute atomic E-state index is 11.8. The number of nitrogens with one attached hydrogen (secondary N) is 1. The lowest BCUT2D eigenvalue weighted by atomic mass is 10.1. The van der Waals surface area contributed by atoms with Gasteiger partial charge in [-0.05, 0) is 35.4 Å². The van der Waals surface area contributed by atoms with E-state index in [4.69, 9.17) is 10.2 Å². The van der Waals surface area contributed by atoms with Crippen LogP contribution in [0.25, 0.3) is 0 Å². The van der Waals surface area contributed by atoms with E-state index in [0.717, 1.165) is 11.1 Å². The topological polar surface area (TPSA) is 69.6 Å². The third-order valence-electron chi connectivity index (χ3n) is 2.72. The van der Waals surface area contributed by atoms with E-state index in [0.29, 0.717) is 5.69 Å². The molecule has 2 aromatic carbocycles. The van der Waals surface area contributed by atoms with Crippen molar-refractivity contribution in [1.29, 1.82) is 0 Å². The third kappa shape index (κ3) is 3.82. The number of phenols is 1. The number of aliphatic hydroxyl groups excluding tert-OH is 1. The van der Waals surface area contributed by atoms with Crippen LogP contribution in [-0.2, 0) is 17.8 Å². The number of aliphatic hydroxyl groups is 1. The van der Waals surface area contributed by atoms with Crippen molar-refractivity contribution in [3.63, 3.8) is 0 Å². The Hall–Kier alpha value is -2.33. The lowest BCUT2D eigenvalue weighted by Gasteiger charge is -2.06. The van der Waals surface area contributed by atoms with Gasteiger partial charge in [0.15, 0.2) is 0 Å². The number of amides is 1. The quantitative estimate of drug-likeness (QED) is 0.785. The van der Waals surface area contributed by atoms with Gasteiger partial charge in [0.1, 0.15) is 5.75 Å². The van der Waals surface area contributed by atoms with Crippen molar-refractivity contribution in [1.82, 2.24) is 0 Å². The summed E-state index contributed by atoms with van der Waals surface area (Å²) >= 11 is 0. The van der Waals surface area contributed by atoms with Crippen LogP contribution in [0.5, 0.6) is 5.75 Å². The van der Waals surface area contributed by atoms with Crippen molar-refractivity contribution in [2.24, 2.45) is 0 Å². The predicted octanol–water partition coefficient (Wildman–Crippen LogP) is 2.07. The van der Waals surface area contributed by atoms with Crippen molar-refractivity contribution in [2.45, 2.75) is 13.0 Å². The Morgan fingerprint density at radius 1 is 0.947 bits per heavy atom. The van der Waals surface area contributed by atoms with Gasteiger partial charge < -0.3 is 15.5 Å². The molecule has 4 heteroatoms. The number of anilines is 1. The molecule has 0 heterocycles. The molecule has 19 heavy (non-hydrogen) atoms. The summed E-state index contributed by atoms with van der Waals surface area (Å²) < 4.78 is 0. The second-order valence-corrected chi connectivity index (χ2v) is 4.25. The molecule has 2 rings (SSSR count). The van der Waals surface area contributed by atoms with E-state index in [2.05, 4.69) is 5.32 Å².